The van der Waals surface area contributed by atoms with E-state index in [0.717, 1.165) is 31.2 Å². The number of aliphatic hydroxyl groups excluding tert-OH is 1. The van der Waals surface area contributed by atoms with Gasteiger partial charge in [0.1, 0.15) is 0 Å². The lowest BCUT2D eigenvalue weighted by Gasteiger charge is -2.31. The van der Waals surface area contributed by atoms with Gasteiger partial charge in [-0.1, -0.05) is 62.4 Å². The molecule has 0 bridgehead atoms. The number of hydrogen-bond donors (Lipinski definition) is 2. The Kier molecular flexibility index (Phi) is 6.26. The highest BCUT2D eigenvalue weighted by Gasteiger charge is 2.43. The van der Waals surface area contributed by atoms with E-state index in [1.54, 1.807) is 0 Å². The second-order valence-corrected chi connectivity index (χ2v) is 6.20. The van der Waals surface area contributed by atoms with E-state index >= 15 is 0 Å². The highest BCUT2D eigenvalue weighted by molar-refractivity contribution is 5.14. The summed E-state index contributed by atoms with van der Waals surface area (Å²) in [4.78, 5) is 0. The highest BCUT2D eigenvalue weighted by atomic mass is 19.4. The van der Waals surface area contributed by atoms with Crippen molar-refractivity contribution in [3.8, 4) is 0 Å². The van der Waals surface area contributed by atoms with E-state index in [1.807, 2.05) is 30.3 Å². The second-order valence-electron chi connectivity index (χ2n) is 6.20. The van der Waals surface area contributed by atoms with Gasteiger partial charge < -0.3 is 10.4 Å². The summed E-state index contributed by atoms with van der Waals surface area (Å²) >= 11 is 0. The summed E-state index contributed by atoms with van der Waals surface area (Å²) in [6.07, 6.45) is -1.24. The molecule has 0 spiro atoms. The van der Waals surface area contributed by atoms with Gasteiger partial charge in [0.2, 0.25) is 0 Å². The molecule has 2 N–H and O–H groups in total. The molecule has 1 saturated carbocycles. The van der Waals surface area contributed by atoms with Crippen molar-refractivity contribution in [1.82, 2.24) is 5.32 Å². The van der Waals surface area contributed by atoms with Gasteiger partial charge in [-0.2, -0.15) is 13.2 Å². The average molecular weight is 315 g/mol. The fourth-order valence-corrected chi connectivity index (χ4v) is 3.18. The van der Waals surface area contributed by atoms with E-state index < -0.39 is 18.3 Å². The predicted molar refractivity (Wildman–Crippen MR) is 80.3 cm³/mol. The Morgan fingerprint density at radius 3 is 2.32 bits per heavy atom. The summed E-state index contributed by atoms with van der Waals surface area (Å²) in [6.45, 7) is 0.339. The molecule has 2 nitrogen and oxygen atoms in total. The van der Waals surface area contributed by atoms with Crippen molar-refractivity contribution < 1.29 is 18.3 Å². The number of nitrogens with one attached hydrogen (secondary N) is 1. The van der Waals surface area contributed by atoms with Crippen LogP contribution in [0, 0.1) is 5.92 Å². The Balaban J connectivity index is 1.97. The van der Waals surface area contributed by atoms with E-state index in [-0.39, 0.29) is 5.92 Å². The van der Waals surface area contributed by atoms with Gasteiger partial charge in [-0.15, -0.1) is 0 Å². The molecule has 0 amide bonds. The number of hydrogen-bond acceptors (Lipinski definition) is 2. The lowest BCUT2D eigenvalue weighted by Crippen LogP contribution is -2.48. The molecule has 0 unspecified atom stereocenters. The van der Waals surface area contributed by atoms with Gasteiger partial charge in [0.05, 0.1) is 0 Å². The zero-order valence-corrected chi connectivity index (χ0v) is 12.6. The van der Waals surface area contributed by atoms with Crippen LogP contribution in [-0.2, 0) is 6.54 Å². The van der Waals surface area contributed by atoms with Crippen molar-refractivity contribution >= 4 is 0 Å². The first-order valence-corrected chi connectivity index (χ1v) is 7.99. The van der Waals surface area contributed by atoms with E-state index in [4.69, 9.17) is 0 Å². The molecule has 0 aromatic heterocycles. The van der Waals surface area contributed by atoms with Crippen molar-refractivity contribution in [2.24, 2.45) is 5.92 Å². The van der Waals surface area contributed by atoms with E-state index in [9.17, 15) is 18.3 Å². The topological polar surface area (TPSA) is 32.3 Å². The molecule has 1 aliphatic carbocycles. The van der Waals surface area contributed by atoms with Crippen LogP contribution in [-0.4, -0.2) is 23.4 Å². The van der Waals surface area contributed by atoms with Crippen LogP contribution >= 0.6 is 0 Å². The lowest BCUT2D eigenvalue weighted by atomic mass is 9.83. The number of rotatable bonds is 6. The molecule has 0 radical (unpaired) electrons. The maximum absolute atomic E-state index is 12.9. The minimum Gasteiger partial charge on any atom is -0.382 e. The molecule has 1 aromatic rings. The molecule has 2 rings (SSSR count). The van der Waals surface area contributed by atoms with Crippen LogP contribution < -0.4 is 5.32 Å². The first-order chi connectivity index (χ1) is 10.5. The summed E-state index contributed by atoms with van der Waals surface area (Å²) in [6, 6.07) is 8.37. The normalized spacial score (nSPS) is 19.8. The molecule has 1 fully saturated rings. The minimum absolute atomic E-state index is 0.277. The molecule has 1 aliphatic rings. The maximum atomic E-state index is 12.9. The third-order valence-corrected chi connectivity index (χ3v) is 4.44. The molecule has 2 atom stereocenters. The molecule has 0 aliphatic heterocycles. The molecular weight excluding hydrogens is 291 g/mol. The van der Waals surface area contributed by atoms with E-state index in [1.165, 1.54) is 6.42 Å². The van der Waals surface area contributed by atoms with Crippen molar-refractivity contribution in [2.75, 3.05) is 0 Å². The van der Waals surface area contributed by atoms with Crippen LogP contribution in [0.4, 0.5) is 13.2 Å². The lowest BCUT2D eigenvalue weighted by molar-refractivity contribution is -0.213. The average Bonchev–Trinajstić information content (AvgIpc) is 2.52. The summed E-state index contributed by atoms with van der Waals surface area (Å²) < 4.78 is 38.7. The quantitative estimate of drug-likeness (QED) is 0.830. The minimum atomic E-state index is -4.58. The van der Waals surface area contributed by atoms with Gasteiger partial charge in [-0.3, -0.25) is 0 Å². The summed E-state index contributed by atoms with van der Waals surface area (Å²) in [5.41, 5.74) is 0.922. The van der Waals surface area contributed by atoms with Crippen LogP contribution in [0.3, 0.4) is 0 Å². The van der Waals surface area contributed by atoms with Gasteiger partial charge in [0.15, 0.2) is 6.10 Å². The Morgan fingerprint density at radius 2 is 1.73 bits per heavy atom. The first kappa shape index (κ1) is 17.3. The van der Waals surface area contributed by atoms with Gasteiger partial charge in [0, 0.05) is 12.6 Å². The zero-order chi connectivity index (χ0) is 16.0. The second kappa shape index (κ2) is 7.97. The van der Waals surface area contributed by atoms with Crippen molar-refractivity contribution in [3.05, 3.63) is 35.9 Å². The monoisotopic (exact) mass is 315 g/mol. The van der Waals surface area contributed by atoms with Crippen LogP contribution in [0.2, 0.25) is 0 Å². The van der Waals surface area contributed by atoms with Crippen molar-refractivity contribution in [3.63, 3.8) is 0 Å². The van der Waals surface area contributed by atoms with E-state index in [0.29, 0.717) is 13.0 Å². The highest BCUT2D eigenvalue weighted by Crippen LogP contribution is 2.31. The zero-order valence-electron chi connectivity index (χ0n) is 12.6. The molecule has 0 heterocycles. The maximum Gasteiger partial charge on any atom is 0.415 e. The standard InChI is InChI=1S/C17H24F3NO/c18-17(19,20)16(22)15(11-13-7-3-1-4-8-13)21-12-14-9-5-2-6-10-14/h2,5-6,9-10,13,15-16,21-22H,1,3-4,7-8,11-12H2/t15-,16+/m1/s1. The summed E-state index contributed by atoms with van der Waals surface area (Å²) in [7, 11) is 0. The van der Waals surface area contributed by atoms with Crippen molar-refractivity contribution in [2.45, 2.75) is 63.4 Å². The molecule has 5 heteroatoms. The number of aliphatic hydroxyl groups is 1. The Labute approximate surface area is 129 Å². The molecule has 1 aromatic carbocycles. The van der Waals surface area contributed by atoms with Crippen LogP contribution in [0.1, 0.15) is 44.1 Å². The Bertz CT molecular complexity index is 429. The number of alkyl halides is 3. The van der Waals surface area contributed by atoms with Crippen LogP contribution in [0.5, 0.6) is 0 Å². The smallest absolute Gasteiger partial charge is 0.382 e. The van der Waals surface area contributed by atoms with Crippen LogP contribution in [0.15, 0.2) is 30.3 Å². The largest absolute Gasteiger partial charge is 0.415 e. The van der Waals surface area contributed by atoms with E-state index in [2.05, 4.69) is 5.32 Å². The van der Waals surface area contributed by atoms with Gasteiger partial charge in [-0.25, -0.2) is 0 Å². The molecule has 22 heavy (non-hydrogen) atoms. The van der Waals surface area contributed by atoms with Crippen molar-refractivity contribution in [1.29, 1.82) is 0 Å². The number of benzene rings is 1. The van der Waals surface area contributed by atoms with Crippen LogP contribution in [0.25, 0.3) is 0 Å². The van der Waals surface area contributed by atoms with Gasteiger partial charge in [0.25, 0.3) is 0 Å². The third-order valence-electron chi connectivity index (χ3n) is 4.44. The fraction of sp³-hybridized carbons (Fsp3) is 0.647. The predicted octanol–water partition coefficient (Wildman–Crippen LogP) is 4.04. The Morgan fingerprint density at radius 1 is 1.09 bits per heavy atom. The molecular formula is C17H24F3NO. The summed E-state index contributed by atoms with van der Waals surface area (Å²) in [5.74, 6) is 0.277. The Hall–Kier alpha value is -1.07. The SMILES string of the molecule is O[C@@H]([C@@H](CC1CCCCC1)NCc1ccccc1)C(F)(F)F. The fourth-order valence-electron chi connectivity index (χ4n) is 3.18. The van der Waals surface area contributed by atoms with Gasteiger partial charge in [-0.05, 0) is 17.9 Å². The third kappa shape index (κ3) is 5.29. The first-order valence-electron chi connectivity index (χ1n) is 7.99. The summed E-state index contributed by atoms with van der Waals surface area (Å²) in [5, 5.41) is 12.6. The molecule has 0 saturated heterocycles. The van der Waals surface area contributed by atoms with Gasteiger partial charge >= 0.3 is 6.18 Å². The molecule has 124 valence electrons. The number of halogens is 3.